The Hall–Kier alpha value is -2.28. The van der Waals surface area contributed by atoms with Crippen LogP contribution >= 0.6 is 0 Å². The summed E-state index contributed by atoms with van der Waals surface area (Å²) in [6.45, 7) is 2.05. The number of ether oxygens (including phenoxy) is 1. The van der Waals surface area contributed by atoms with Crippen molar-refractivity contribution in [3.8, 4) is 0 Å². The molecule has 0 saturated carbocycles. The molecule has 1 saturated heterocycles. The van der Waals surface area contributed by atoms with Gasteiger partial charge >= 0.3 is 0 Å². The molecule has 1 aliphatic heterocycles. The van der Waals surface area contributed by atoms with Gasteiger partial charge < -0.3 is 15.0 Å². The van der Waals surface area contributed by atoms with Crippen molar-refractivity contribution in [1.29, 1.82) is 0 Å². The first-order chi connectivity index (χ1) is 9.88. The van der Waals surface area contributed by atoms with Gasteiger partial charge in [0.15, 0.2) is 0 Å². The fourth-order valence-electron chi connectivity index (χ4n) is 2.23. The molecule has 0 radical (unpaired) electrons. The number of nitrogens with one attached hydrogen (secondary N) is 1. The predicted molar refractivity (Wildman–Crippen MR) is 74.5 cm³/mol. The number of aromatic nitrogens is 4. The minimum atomic E-state index is -0.135. The molecular weight excluding hydrogens is 256 g/mol. The second kappa shape index (κ2) is 5.79. The van der Waals surface area contributed by atoms with Gasteiger partial charge in [0.05, 0.1) is 13.2 Å². The lowest BCUT2D eigenvalue weighted by Gasteiger charge is -2.32. The largest absolute Gasteiger partial charge is 0.372 e. The fourth-order valence-corrected chi connectivity index (χ4v) is 2.23. The summed E-state index contributed by atoms with van der Waals surface area (Å²) >= 11 is 0. The van der Waals surface area contributed by atoms with Crippen molar-refractivity contribution in [2.75, 3.05) is 37.0 Å². The highest BCUT2D eigenvalue weighted by Gasteiger charge is 2.26. The summed E-state index contributed by atoms with van der Waals surface area (Å²) in [5.74, 6) is 1.46. The summed E-state index contributed by atoms with van der Waals surface area (Å²) in [5.41, 5.74) is 0.815. The Morgan fingerprint density at radius 3 is 2.75 bits per heavy atom. The molecule has 0 amide bonds. The van der Waals surface area contributed by atoms with Gasteiger partial charge in [-0.05, 0) is 6.07 Å². The zero-order chi connectivity index (χ0) is 13.8. The number of anilines is 2. The molecule has 1 aliphatic rings. The molecule has 7 nitrogen and oxygen atoms in total. The van der Waals surface area contributed by atoms with Crippen molar-refractivity contribution in [3.05, 3.63) is 36.5 Å². The maximum Gasteiger partial charge on any atom is 0.225 e. The molecule has 3 rings (SSSR count). The lowest BCUT2D eigenvalue weighted by Crippen LogP contribution is -2.39. The van der Waals surface area contributed by atoms with Crippen LogP contribution in [0.15, 0.2) is 30.9 Å². The molecule has 2 aromatic heterocycles. The highest BCUT2D eigenvalue weighted by Crippen LogP contribution is 2.26. The minimum absolute atomic E-state index is 0.135. The standard InChI is InChI=1S/C13H16N6O/c1-14-12-11(15-5-6-16-12)10-9-19(7-8-20-10)13-17-3-2-4-18-13/h2-6,10H,7-9H2,1H3,(H,14,16)/t10-/m1/s1. The van der Waals surface area contributed by atoms with Crippen LogP contribution in [0.25, 0.3) is 0 Å². The van der Waals surface area contributed by atoms with E-state index < -0.39 is 0 Å². The fraction of sp³-hybridized carbons (Fsp3) is 0.385. The molecule has 3 heterocycles. The molecule has 20 heavy (non-hydrogen) atoms. The van der Waals surface area contributed by atoms with Gasteiger partial charge in [-0.2, -0.15) is 0 Å². The van der Waals surface area contributed by atoms with Crippen LogP contribution in [0.1, 0.15) is 11.8 Å². The summed E-state index contributed by atoms with van der Waals surface area (Å²) in [5, 5.41) is 3.04. The Morgan fingerprint density at radius 2 is 1.95 bits per heavy atom. The number of hydrogen-bond donors (Lipinski definition) is 1. The minimum Gasteiger partial charge on any atom is -0.372 e. The van der Waals surface area contributed by atoms with E-state index in [1.165, 1.54) is 0 Å². The van der Waals surface area contributed by atoms with Gasteiger partial charge in [0, 0.05) is 38.4 Å². The summed E-state index contributed by atoms with van der Waals surface area (Å²) in [7, 11) is 1.83. The average Bonchev–Trinajstić information content (AvgIpc) is 2.56. The van der Waals surface area contributed by atoms with Gasteiger partial charge in [-0.1, -0.05) is 0 Å². The summed E-state index contributed by atoms with van der Waals surface area (Å²) in [6.07, 6.45) is 6.69. The van der Waals surface area contributed by atoms with Gasteiger partial charge in [-0.25, -0.2) is 15.0 Å². The van der Waals surface area contributed by atoms with Crippen LogP contribution in [0.5, 0.6) is 0 Å². The van der Waals surface area contributed by atoms with E-state index >= 15 is 0 Å². The van der Waals surface area contributed by atoms with Gasteiger partial charge in [-0.3, -0.25) is 4.98 Å². The molecule has 1 atom stereocenters. The normalized spacial score (nSPS) is 18.9. The quantitative estimate of drug-likeness (QED) is 0.889. The van der Waals surface area contributed by atoms with Crippen molar-refractivity contribution in [3.63, 3.8) is 0 Å². The first kappa shape index (κ1) is 12.7. The molecule has 0 bridgehead atoms. The Bertz CT molecular complexity index is 564. The maximum absolute atomic E-state index is 5.82. The Kier molecular flexibility index (Phi) is 3.69. The number of morpholine rings is 1. The molecule has 0 unspecified atom stereocenters. The third-order valence-electron chi connectivity index (χ3n) is 3.17. The Balaban J connectivity index is 1.82. The maximum atomic E-state index is 5.82. The van der Waals surface area contributed by atoms with Gasteiger partial charge in [0.2, 0.25) is 5.95 Å². The predicted octanol–water partition coefficient (Wildman–Crippen LogP) is 0.886. The van der Waals surface area contributed by atoms with Crippen LogP contribution in [0, 0.1) is 0 Å². The third kappa shape index (κ3) is 2.53. The Morgan fingerprint density at radius 1 is 1.15 bits per heavy atom. The lowest BCUT2D eigenvalue weighted by molar-refractivity contribution is 0.0367. The van der Waals surface area contributed by atoms with Crippen molar-refractivity contribution < 1.29 is 4.74 Å². The third-order valence-corrected chi connectivity index (χ3v) is 3.17. The van der Waals surface area contributed by atoms with Gasteiger partial charge in [0.1, 0.15) is 17.6 Å². The van der Waals surface area contributed by atoms with E-state index in [9.17, 15) is 0 Å². The molecule has 1 fully saturated rings. The zero-order valence-electron chi connectivity index (χ0n) is 11.2. The van der Waals surface area contributed by atoms with Crippen molar-refractivity contribution in [2.45, 2.75) is 6.10 Å². The van der Waals surface area contributed by atoms with E-state index in [2.05, 4.69) is 30.2 Å². The van der Waals surface area contributed by atoms with E-state index in [1.54, 1.807) is 24.8 Å². The van der Waals surface area contributed by atoms with Crippen LogP contribution < -0.4 is 10.2 Å². The van der Waals surface area contributed by atoms with E-state index in [4.69, 9.17) is 4.74 Å². The zero-order valence-corrected chi connectivity index (χ0v) is 11.2. The van der Waals surface area contributed by atoms with Crippen molar-refractivity contribution in [1.82, 2.24) is 19.9 Å². The van der Waals surface area contributed by atoms with Gasteiger partial charge in [-0.15, -0.1) is 0 Å². The smallest absolute Gasteiger partial charge is 0.225 e. The monoisotopic (exact) mass is 272 g/mol. The van der Waals surface area contributed by atoms with Crippen molar-refractivity contribution in [2.24, 2.45) is 0 Å². The topological polar surface area (TPSA) is 76.1 Å². The van der Waals surface area contributed by atoms with E-state index in [1.807, 2.05) is 13.1 Å². The van der Waals surface area contributed by atoms with Crippen LogP contribution in [0.3, 0.4) is 0 Å². The first-order valence-electron chi connectivity index (χ1n) is 6.50. The molecule has 0 aromatic carbocycles. The molecule has 0 aliphatic carbocycles. The number of nitrogens with zero attached hydrogens (tertiary/aromatic N) is 5. The highest BCUT2D eigenvalue weighted by molar-refractivity contribution is 5.41. The van der Waals surface area contributed by atoms with Crippen molar-refractivity contribution >= 4 is 11.8 Å². The van der Waals surface area contributed by atoms with E-state index in [-0.39, 0.29) is 6.10 Å². The van der Waals surface area contributed by atoms with Gasteiger partial charge in [0.25, 0.3) is 0 Å². The average molecular weight is 272 g/mol. The molecule has 0 spiro atoms. The molecule has 1 N–H and O–H groups in total. The molecular formula is C13H16N6O. The van der Waals surface area contributed by atoms with Crippen LogP contribution in [-0.2, 0) is 4.74 Å². The Labute approximate surface area is 117 Å². The highest BCUT2D eigenvalue weighted by atomic mass is 16.5. The second-order valence-corrected chi connectivity index (χ2v) is 4.39. The van der Waals surface area contributed by atoms with Crippen LogP contribution in [-0.4, -0.2) is 46.7 Å². The van der Waals surface area contributed by atoms with E-state index in [0.717, 1.165) is 24.0 Å². The van der Waals surface area contributed by atoms with E-state index in [0.29, 0.717) is 13.2 Å². The first-order valence-corrected chi connectivity index (χ1v) is 6.50. The van der Waals surface area contributed by atoms with Crippen LogP contribution in [0.2, 0.25) is 0 Å². The summed E-state index contributed by atoms with van der Waals surface area (Å²) in [6, 6.07) is 1.81. The summed E-state index contributed by atoms with van der Waals surface area (Å²) < 4.78 is 5.82. The molecule has 7 heteroatoms. The number of rotatable bonds is 3. The second-order valence-electron chi connectivity index (χ2n) is 4.39. The number of hydrogen-bond acceptors (Lipinski definition) is 7. The summed E-state index contributed by atoms with van der Waals surface area (Å²) in [4.78, 5) is 19.3. The lowest BCUT2D eigenvalue weighted by atomic mass is 10.2. The molecule has 2 aromatic rings. The van der Waals surface area contributed by atoms with Crippen LogP contribution in [0.4, 0.5) is 11.8 Å². The SMILES string of the molecule is CNc1nccnc1[C@H]1CN(c2ncccn2)CCO1. The molecule has 104 valence electrons.